The first-order chi connectivity index (χ1) is 24.2. The highest BCUT2D eigenvalue weighted by Crippen LogP contribution is 2.33. The lowest BCUT2D eigenvalue weighted by Crippen LogP contribution is -2.00. The van der Waals surface area contributed by atoms with Crippen molar-refractivity contribution in [3.8, 4) is 11.1 Å². The molecule has 13 nitrogen and oxygen atoms in total. The van der Waals surface area contributed by atoms with Crippen LogP contribution in [0.2, 0.25) is 0 Å². The van der Waals surface area contributed by atoms with Crippen LogP contribution in [0.15, 0.2) is 185 Å². The summed E-state index contributed by atoms with van der Waals surface area (Å²) in [7, 11) is -4.60. The molecule has 0 radical (unpaired) electrons. The molecular formula is C36H28N10O3S. The fourth-order valence-corrected chi connectivity index (χ4v) is 5.18. The molecule has 0 fully saturated rings. The summed E-state index contributed by atoms with van der Waals surface area (Å²) >= 11 is 0. The minimum atomic E-state index is -4.60. The second kappa shape index (κ2) is 15.0. The third kappa shape index (κ3) is 8.97. The Labute approximate surface area is 287 Å². The Morgan fingerprint density at radius 3 is 0.960 bits per heavy atom. The van der Waals surface area contributed by atoms with E-state index in [4.69, 9.17) is 11.5 Å². The van der Waals surface area contributed by atoms with Crippen LogP contribution in [0.1, 0.15) is 0 Å². The maximum atomic E-state index is 12.4. The molecule has 0 unspecified atom stereocenters. The summed E-state index contributed by atoms with van der Waals surface area (Å²) in [5.41, 5.74) is 18.0. The zero-order valence-electron chi connectivity index (χ0n) is 26.2. The van der Waals surface area contributed by atoms with Crippen molar-refractivity contribution in [1.82, 2.24) is 0 Å². The van der Waals surface area contributed by atoms with Crippen molar-refractivity contribution in [2.24, 2.45) is 40.9 Å². The van der Waals surface area contributed by atoms with E-state index in [-0.39, 0.29) is 16.1 Å². The van der Waals surface area contributed by atoms with E-state index in [2.05, 4.69) is 40.9 Å². The number of rotatable bonds is 10. The Balaban J connectivity index is 1.11. The van der Waals surface area contributed by atoms with Crippen molar-refractivity contribution >= 4 is 67.0 Å². The second-order valence-electron chi connectivity index (χ2n) is 10.7. The predicted molar refractivity (Wildman–Crippen MR) is 193 cm³/mol. The lowest BCUT2D eigenvalue weighted by molar-refractivity contribution is 0.483. The van der Waals surface area contributed by atoms with Crippen LogP contribution in [0.5, 0.6) is 0 Å². The Morgan fingerprint density at radius 1 is 0.380 bits per heavy atom. The molecule has 5 N–H and O–H groups in total. The van der Waals surface area contributed by atoms with E-state index in [0.29, 0.717) is 56.7 Å². The molecule has 0 aromatic heterocycles. The molecule has 0 spiro atoms. The zero-order valence-corrected chi connectivity index (χ0v) is 27.0. The van der Waals surface area contributed by atoms with Gasteiger partial charge in [0.05, 0.1) is 45.5 Å². The van der Waals surface area contributed by atoms with E-state index in [0.717, 1.165) is 0 Å². The molecule has 0 saturated carbocycles. The van der Waals surface area contributed by atoms with E-state index < -0.39 is 10.1 Å². The van der Waals surface area contributed by atoms with Crippen molar-refractivity contribution in [2.75, 3.05) is 11.5 Å². The summed E-state index contributed by atoms with van der Waals surface area (Å²) in [4.78, 5) is -0.310. The number of benzene rings is 6. The van der Waals surface area contributed by atoms with Gasteiger partial charge in [0.2, 0.25) is 0 Å². The number of hydrogen-bond acceptors (Lipinski definition) is 12. The van der Waals surface area contributed by atoms with E-state index >= 15 is 0 Å². The van der Waals surface area contributed by atoms with Gasteiger partial charge in [0.1, 0.15) is 4.90 Å². The molecule has 50 heavy (non-hydrogen) atoms. The third-order valence-electron chi connectivity index (χ3n) is 7.03. The molecule has 0 aliphatic rings. The lowest BCUT2D eigenvalue weighted by atomic mass is 10.0. The fourth-order valence-electron chi connectivity index (χ4n) is 4.45. The number of nitrogens with two attached hydrogens (primary N) is 2. The minimum Gasteiger partial charge on any atom is -0.399 e. The van der Waals surface area contributed by atoms with E-state index in [1.165, 1.54) is 6.07 Å². The summed E-state index contributed by atoms with van der Waals surface area (Å²) < 4.78 is 34.7. The molecule has 0 atom stereocenters. The van der Waals surface area contributed by atoms with Crippen LogP contribution >= 0.6 is 0 Å². The Morgan fingerprint density at radius 2 is 0.640 bits per heavy atom. The van der Waals surface area contributed by atoms with Gasteiger partial charge in [0.25, 0.3) is 10.1 Å². The zero-order chi connectivity index (χ0) is 34.9. The van der Waals surface area contributed by atoms with Gasteiger partial charge in [-0.05, 0) is 127 Å². The Kier molecular flexibility index (Phi) is 9.93. The largest absolute Gasteiger partial charge is 0.399 e. The van der Waals surface area contributed by atoms with Crippen molar-refractivity contribution in [3.63, 3.8) is 0 Å². The molecule has 6 aromatic rings. The highest BCUT2D eigenvalue weighted by Gasteiger charge is 2.18. The number of nitrogen functional groups attached to an aromatic ring is 2. The topological polar surface area (TPSA) is 205 Å². The van der Waals surface area contributed by atoms with Crippen LogP contribution in [0.3, 0.4) is 0 Å². The first-order valence-corrected chi connectivity index (χ1v) is 16.4. The average molecular weight is 681 g/mol. The van der Waals surface area contributed by atoms with E-state index in [1.54, 1.807) is 133 Å². The molecule has 0 heterocycles. The Hall–Kier alpha value is -6.77. The second-order valence-corrected chi connectivity index (χ2v) is 12.1. The first kappa shape index (κ1) is 33.1. The predicted octanol–water partition coefficient (Wildman–Crippen LogP) is 11.4. The first-order valence-electron chi connectivity index (χ1n) is 15.0. The van der Waals surface area contributed by atoms with Gasteiger partial charge >= 0.3 is 0 Å². The average Bonchev–Trinajstić information content (AvgIpc) is 3.13. The highest BCUT2D eigenvalue weighted by atomic mass is 32.2. The smallest absolute Gasteiger partial charge is 0.295 e. The van der Waals surface area contributed by atoms with E-state index in [1.807, 2.05) is 0 Å². The summed E-state index contributed by atoms with van der Waals surface area (Å²) in [5.74, 6) is 0. The maximum Gasteiger partial charge on any atom is 0.295 e. The maximum absolute atomic E-state index is 12.4. The molecule has 0 aliphatic carbocycles. The number of anilines is 2. The van der Waals surface area contributed by atoms with Gasteiger partial charge in [-0.25, -0.2) is 0 Å². The van der Waals surface area contributed by atoms with Crippen molar-refractivity contribution < 1.29 is 13.0 Å². The Bertz CT molecular complexity index is 2320. The van der Waals surface area contributed by atoms with Gasteiger partial charge in [-0.1, -0.05) is 18.2 Å². The van der Waals surface area contributed by atoms with Crippen molar-refractivity contribution in [1.29, 1.82) is 0 Å². The van der Waals surface area contributed by atoms with Gasteiger partial charge in [0.15, 0.2) is 0 Å². The third-order valence-corrected chi connectivity index (χ3v) is 7.92. The van der Waals surface area contributed by atoms with Crippen LogP contribution in [0.25, 0.3) is 11.1 Å². The van der Waals surface area contributed by atoms with Crippen LogP contribution in [-0.2, 0) is 10.1 Å². The summed E-state index contributed by atoms with van der Waals surface area (Å²) in [5, 5.41) is 33.6. The monoisotopic (exact) mass is 680 g/mol. The molecule has 6 rings (SSSR count). The molecule has 0 bridgehead atoms. The molecule has 0 amide bonds. The number of hydrogen-bond donors (Lipinski definition) is 3. The van der Waals surface area contributed by atoms with Gasteiger partial charge in [-0.2, -0.15) is 49.3 Å². The van der Waals surface area contributed by atoms with Crippen molar-refractivity contribution in [2.45, 2.75) is 4.90 Å². The summed E-state index contributed by atoms with van der Waals surface area (Å²) in [6, 6.07) is 39.2. The highest BCUT2D eigenvalue weighted by molar-refractivity contribution is 7.86. The van der Waals surface area contributed by atoms with Crippen LogP contribution < -0.4 is 11.5 Å². The molecule has 246 valence electrons. The molecular weight excluding hydrogens is 653 g/mol. The SMILES string of the molecule is Nc1ccc(N=Nc2ccc(N=Nc3ccc(-c4ccc(N=Nc5ccc(N=Nc6ccc(N)cc6)cc5)cc4S(=O)(=O)O)cc3)cc2)cc1. The quantitative estimate of drug-likeness (QED) is 0.0731. The number of azo groups is 4. The molecule has 14 heteroatoms. The van der Waals surface area contributed by atoms with Gasteiger partial charge in [-0.3, -0.25) is 4.55 Å². The van der Waals surface area contributed by atoms with Crippen LogP contribution in [-0.4, -0.2) is 13.0 Å². The fraction of sp³-hybridized carbons (Fsp3) is 0. The van der Waals surface area contributed by atoms with E-state index in [9.17, 15) is 13.0 Å². The molecule has 0 aliphatic heterocycles. The summed E-state index contributed by atoms with van der Waals surface area (Å²) in [6.45, 7) is 0. The van der Waals surface area contributed by atoms with Gasteiger partial charge < -0.3 is 11.5 Å². The minimum absolute atomic E-state index is 0.233. The standard InChI is InChI=1S/C36H28N10O3S/c37-25-3-9-28(10-4-25)40-43-31-15-13-30(14-16-31)42-39-27-7-1-24(2-8-27)35-22-21-34(23-36(35)50(47,48)49)46-45-33-19-17-32(18-20-33)44-41-29-11-5-26(38)6-12-29/h1-23H,37-38H2,(H,47,48,49). The number of nitrogens with zero attached hydrogens (tertiary/aromatic N) is 8. The van der Waals surface area contributed by atoms with Crippen LogP contribution in [0.4, 0.5) is 56.9 Å². The van der Waals surface area contributed by atoms with Crippen LogP contribution in [0, 0.1) is 0 Å². The summed E-state index contributed by atoms with van der Waals surface area (Å²) in [6.07, 6.45) is 0. The molecule has 0 saturated heterocycles. The van der Waals surface area contributed by atoms with Gasteiger partial charge in [-0.15, -0.1) is 0 Å². The molecule has 6 aromatic carbocycles. The van der Waals surface area contributed by atoms with Crippen molar-refractivity contribution in [3.05, 3.63) is 140 Å². The van der Waals surface area contributed by atoms with Gasteiger partial charge in [0, 0.05) is 16.9 Å². The lowest BCUT2D eigenvalue weighted by Gasteiger charge is -2.08. The normalized spacial score (nSPS) is 12.1.